The van der Waals surface area contributed by atoms with Gasteiger partial charge in [-0.1, -0.05) is 6.07 Å². The van der Waals surface area contributed by atoms with E-state index in [2.05, 4.69) is 0 Å². The number of nitriles is 1. The predicted molar refractivity (Wildman–Crippen MR) is 61.4 cm³/mol. The molecule has 1 aliphatic heterocycles. The van der Waals surface area contributed by atoms with Crippen LogP contribution in [0.15, 0.2) is 18.2 Å². The molecule has 0 bridgehead atoms. The molecule has 0 spiro atoms. The van der Waals surface area contributed by atoms with Crippen molar-refractivity contribution in [2.45, 2.75) is 12.8 Å². The van der Waals surface area contributed by atoms with Gasteiger partial charge in [0.15, 0.2) is 21.5 Å². The second-order valence-corrected chi connectivity index (χ2v) is 6.84. The van der Waals surface area contributed by atoms with E-state index in [-0.39, 0.29) is 24.3 Å². The Kier molecular flexibility index (Phi) is 3.11. The van der Waals surface area contributed by atoms with Gasteiger partial charge < -0.3 is 0 Å². The van der Waals surface area contributed by atoms with E-state index in [1.54, 1.807) is 0 Å². The zero-order valence-corrected chi connectivity index (χ0v) is 10.3. The van der Waals surface area contributed by atoms with Crippen LogP contribution in [0.5, 0.6) is 0 Å². The van der Waals surface area contributed by atoms with Gasteiger partial charge in [0.05, 0.1) is 23.0 Å². The van der Waals surface area contributed by atoms with Crippen LogP contribution in [0.3, 0.4) is 0 Å². The van der Waals surface area contributed by atoms with E-state index in [1.165, 1.54) is 6.07 Å². The van der Waals surface area contributed by atoms with E-state index in [0.717, 1.165) is 12.1 Å². The van der Waals surface area contributed by atoms with Crippen LogP contribution in [0, 0.1) is 28.4 Å². The molecule has 1 fully saturated rings. The first-order chi connectivity index (χ1) is 8.36. The predicted octanol–water partition coefficient (Wildman–Crippen LogP) is 1.84. The highest BCUT2D eigenvalue weighted by atomic mass is 32.2. The Morgan fingerprint density at radius 2 is 2.06 bits per heavy atom. The Labute approximate surface area is 104 Å². The zero-order chi connectivity index (χ0) is 13.4. The number of nitrogens with zero attached hydrogens (tertiary/aromatic N) is 1. The average molecular weight is 271 g/mol. The fourth-order valence-electron chi connectivity index (χ4n) is 2.22. The third kappa shape index (κ3) is 2.51. The quantitative estimate of drug-likeness (QED) is 0.824. The summed E-state index contributed by atoms with van der Waals surface area (Å²) in [5, 5.41) is 9.15. The number of halogens is 2. The molecule has 0 radical (unpaired) electrons. The Hall–Kier alpha value is -1.48. The maximum Gasteiger partial charge on any atom is 0.159 e. The van der Waals surface area contributed by atoms with Crippen LogP contribution in [0.25, 0.3) is 0 Å². The highest BCUT2D eigenvalue weighted by Crippen LogP contribution is 2.35. The standard InChI is InChI=1S/C12H11F2NO2S/c13-10-2-1-9(5-11(10)14)6-12(7-15)3-4-18(16,17)8-12/h1-2,5H,3-4,6,8H2. The number of sulfone groups is 1. The minimum absolute atomic E-state index is 0.0236. The van der Waals surface area contributed by atoms with Crippen molar-refractivity contribution in [1.29, 1.82) is 5.26 Å². The van der Waals surface area contributed by atoms with Crippen molar-refractivity contribution in [3.8, 4) is 6.07 Å². The van der Waals surface area contributed by atoms with Gasteiger partial charge >= 0.3 is 0 Å². The van der Waals surface area contributed by atoms with E-state index in [4.69, 9.17) is 5.26 Å². The highest BCUT2D eigenvalue weighted by Gasteiger charge is 2.42. The van der Waals surface area contributed by atoms with Gasteiger partial charge in [0.25, 0.3) is 0 Å². The van der Waals surface area contributed by atoms with E-state index < -0.39 is 26.9 Å². The summed E-state index contributed by atoms with van der Waals surface area (Å²) in [5.41, 5.74) is -0.573. The maximum absolute atomic E-state index is 13.1. The first-order valence-corrected chi connectivity index (χ1v) is 7.24. The lowest BCUT2D eigenvalue weighted by atomic mass is 9.83. The van der Waals surface area contributed by atoms with Crippen LogP contribution in [-0.2, 0) is 16.3 Å². The van der Waals surface area contributed by atoms with Gasteiger partial charge in [-0.3, -0.25) is 0 Å². The van der Waals surface area contributed by atoms with Crippen molar-refractivity contribution in [2.75, 3.05) is 11.5 Å². The first-order valence-electron chi connectivity index (χ1n) is 5.41. The Morgan fingerprint density at radius 1 is 1.33 bits per heavy atom. The lowest BCUT2D eigenvalue weighted by molar-refractivity contribution is 0.447. The van der Waals surface area contributed by atoms with Crippen molar-refractivity contribution in [3.05, 3.63) is 35.4 Å². The summed E-state index contributed by atoms with van der Waals surface area (Å²) in [6.45, 7) is 0. The van der Waals surface area contributed by atoms with Gasteiger partial charge in [-0.25, -0.2) is 17.2 Å². The van der Waals surface area contributed by atoms with Gasteiger partial charge in [-0.05, 0) is 30.5 Å². The van der Waals surface area contributed by atoms with Crippen molar-refractivity contribution >= 4 is 9.84 Å². The molecule has 1 aromatic rings. The molecular weight excluding hydrogens is 260 g/mol. The van der Waals surface area contributed by atoms with Crippen molar-refractivity contribution in [1.82, 2.24) is 0 Å². The molecule has 18 heavy (non-hydrogen) atoms. The van der Waals surface area contributed by atoms with E-state index in [0.29, 0.717) is 5.56 Å². The normalized spacial score (nSPS) is 25.8. The van der Waals surface area contributed by atoms with Crippen LogP contribution in [0.4, 0.5) is 8.78 Å². The van der Waals surface area contributed by atoms with Crippen LogP contribution < -0.4 is 0 Å². The van der Waals surface area contributed by atoms with Gasteiger partial charge in [0, 0.05) is 0 Å². The lowest BCUT2D eigenvalue weighted by Gasteiger charge is -2.18. The Bertz CT molecular complexity index is 621. The highest BCUT2D eigenvalue weighted by molar-refractivity contribution is 7.91. The summed E-state index contributed by atoms with van der Waals surface area (Å²) in [4.78, 5) is 0. The molecular formula is C12H11F2NO2S. The van der Waals surface area contributed by atoms with E-state index in [1.807, 2.05) is 6.07 Å². The second-order valence-electron chi connectivity index (χ2n) is 4.66. The number of rotatable bonds is 2. The topological polar surface area (TPSA) is 57.9 Å². The third-order valence-corrected chi connectivity index (χ3v) is 4.97. The fraction of sp³-hybridized carbons (Fsp3) is 0.417. The van der Waals surface area contributed by atoms with Gasteiger partial charge in [0.1, 0.15) is 0 Å². The molecule has 1 saturated heterocycles. The molecule has 1 aliphatic rings. The molecule has 0 aliphatic carbocycles. The van der Waals surface area contributed by atoms with Gasteiger partial charge in [-0.2, -0.15) is 5.26 Å². The molecule has 1 atom stereocenters. The molecule has 0 aromatic heterocycles. The van der Waals surface area contributed by atoms with Crippen LogP contribution in [0.1, 0.15) is 12.0 Å². The summed E-state index contributed by atoms with van der Waals surface area (Å²) in [6, 6.07) is 5.40. The SMILES string of the molecule is N#CC1(Cc2ccc(F)c(F)c2)CCS(=O)(=O)C1. The number of hydrogen-bond acceptors (Lipinski definition) is 3. The molecule has 6 heteroatoms. The summed E-state index contributed by atoms with van der Waals surface area (Å²) in [7, 11) is -3.19. The van der Waals surface area contributed by atoms with E-state index in [9.17, 15) is 17.2 Å². The summed E-state index contributed by atoms with van der Waals surface area (Å²) in [6.07, 6.45) is 0.366. The molecule has 0 saturated carbocycles. The zero-order valence-electron chi connectivity index (χ0n) is 9.49. The minimum Gasteiger partial charge on any atom is -0.229 e. The summed E-state index contributed by atoms with van der Waals surface area (Å²) < 4.78 is 48.7. The van der Waals surface area contributed by atoms with Crippen LogP contribution >= 0.6 is 0 Å². The van der Waals surface area contributed by atoms with Crippen molar-refractivity contribution in [2.24, 2.45) is 5.41 Å². The van der Waals surface area contributed by atoms with Crippen molar-refractivity contribution < 1.29 is 17.2 Å². The molecule has 0 amide bonds. The maximum atomic E-state index is 13.1. The number of hydrogen-bond donors (Lipinski definition) is 0. The Balaban J connectivity index is 2.27. The third-order valence-electron chi connectivity index (χ3n) is 3.15. The lowest BCUT2D eigenvalue weighted by Crippen LogP contribution is -2.23. The number of benzene rings is 1. The monoisotopic (exact) mass is 271 g/mol. The van der Waals surface area contributed by atoms with Gasteiger partial charge in [-0.15, -0.1) is 0 Å². The Morgan fingerprint density at radius 3 is 2.56 bits per heavy atom. The summed E-state index contributed by atoms with van der Waals surface area (Å²) >= 11 is 0. The largest absolute Gasteiger partial charge is 0.229 e. The minimum atomic E-state index is -3.19. The molecule has 96 valence electrons. The van der Waals surface area contributed by atoms with Crippen molar-refractivity contribution in [3.63, 3.8) is 0 Å². The first kappa shape index (κ1) is 13.0. The smallest absolute Gasteiger partial charge is 0.159 e. The van der Waals surface area contributed by atoms with Gasteiger partial charge in [0.2, 0.25) is 0 Å². The molecule has 1 aromatic carbocycles. The second kappa shape index (κ2) is 4.32. The summed E-state index contributed by atoms with van der Waals surface area (Å²) in [5.74, 6) is -2.18. The molecule has 0 N–H and O–H groups in total. The fourth-order valence-corrected chi connectivity index (χ4v) is 4.22. The van der Waals surface area contributed by atoms with Crippen LogP contribution in [0.2, 0.25) is 0 Å². The van der Waals surface area contributed by atoms with Crippen LogP contribution in [-0.4, -0.2) is 19.9 Å². The average Bonchev–Trinajstić information content (AvgIpc) is 2.60. The molecule has 1 heterocycles. The molecule has 3 nitrogen and oxygen atoms in total. The molecule has 2 rings (SSSR count). The van der Waals surface area contributed by atoms with E-state index >= 15 is 0 Å². The molecule has 1 unspecified atom stereocenters.